The zero-order valence-electron chi connectivity index (χ0n) is 12.9. The van der Waals surface area contributed by atoms with Crippen molar-refractivity contribution >= 4 is 17.0 Å². The SMILES string of the molecule is CC1CN(C)C(C)CC1Nc1ccc(-c2nccs2)cc1. The Bertz CT molecular complexity index is 564. The lowest BCUT2D eigenvalue weighted by Gasteiger charge is -2.40. The van der Waals surface area contributed by atoms with E-state index in [2.05, 4.69) is 60.4 Å². The monoisotopic (exact) mass is 301 g/mol. The van der Waals surface area contributed by atoms with E-state index in [1.54, 1.807) is 11.3 Å². The minimum Gasteiger partial charge on any atom is -0.382 e. The molecule has 0 amide bonds. The highest BCUT2D eigenvalue weighted by molar-refractivity contribution is 7.13. The summed E-state index contributed by atoms with van der Waals surface area (Å²) < 4.78 is 0. The fraction of sp³-hybridized carbons (Fsp3) is 0.471. The Morgan fingerprint density at radius 3 is 2.67 bits per heavy atom. The van der Waals surface area contributed by atoms with E-state index in [1.165, 1.54) is 17.7 Å². The van der Waals surface area contributed by atoms with Gasteiger partial charge in [-0.3, -0.25) is 0 Å². The molecule has 1 aromatic carbocycles. The Kier molecular flexibility index (Phi) is 4.27. The zero-order chi connectivity index (χ0) is 14.8. The summed E-state index contributed by atoms with van der Waals surface area (Å²) in [6.07, 6.45) is 3.06. The van der Waals surface area contributed by atoms with E-state index < -0.39 is 0 Å². The van der Waals surface area contributed by atoms with Crippen LogP contribution < -0.4 is 5.32 Å². The molecule has 2 aromatic rings. The first-order chi connectivity index (χ1) is 10.1. The topological polar surface area (TPSA) is 28.2 Å². The molecule has 112 valence electrons. The van der Waals surface area contributed by atoms with Gasteiger partial charge in [-0.2, -0.15) is 0 Å². The van der Waals surface area contributed by atoms with E-state index in [1.807, 2.05) is 11.6 Å². The van der Waals surface area contributed by atoms with Crippen LogP contribution >= 0.6 is 11.3 Å². The summed E-state index contributed by atoms with van der Waals surface area (Å²) in [5, 5.41) is 6.81. The highest BCUT2D eigenvalue weighted by Crippen LogP contribution is 2.27. The second-order valence-electron chi connectivity index (χ2n) is 6.17. The summed E-state index contributed by atoms with van der Waals surface area (Å²) in [4.78, 5) is 6.81. The maximum Gasteiger partial charge on any atom is 0.123 e. The maximum atomic E-state index is 4.35. The largest absolute Gasteiger partial charge is 0.382 e. The molecule has 3 rings (SSSR count). The lowest BCUT2D eigenvalue weighted by molar-refractivity contribution is 0.145. The first-order valence-electron chi connectivity index (χ1n) is 7.60. The van der Waals surface area contributed by atoms with Crippen LogP contribution in [0.25, 0.3) is 10.6 Å². The molecule has 0 spiro atoms. The zero-order valence-corrected chi connectivity index (χ0v) is 13.7. The molecule has 0 aliphatic carbocycles. The van der Waals surface area contributed by atoms with Gasteiger partial charge in [-0.1, -0.05) is 6.92 Å². The van der Waals surface area contributed by atoms with Crippen LogP contribution in [-0.4, -0.2) is 35.6 Å². The second-order valence-corrected chi connectivity index (χ2v) is 7.06. The predicted molar refractivity (Wildman–Crippen MR) is 90.8 cm³/mol. The molecule has 2 heterocycles. The number of nitrogens with one attached hydrogen (secondary N) is 1. The number of rotatable bonds is 3. The lowest BCUT2D eigenvalue weighted by Crippen LogP contribution is -2.48. The number of thiazole rings is 1. The molecule has 0 saturated carbocycles. The number of nitrogens with zero attached hydrogens (tertiary/aromatic N) is 2. The van der Waals surface area contributed by atoms with Gasteiger partial charge in [0.25, 0.3) is 0 Å². The fourth-order valence-electron chi connectivity index (χ4n) is 3.03. The molecule has 1 aromatic heterocycles. The van der Waals surface area contributed by atoms with Crippen molar-refractivity contribution in [1.29, 1.82) is 0 Å². The van der Waals surface area contributed by atoms with Crippen molar-refractivity contribution in [3.05, 3.63) is 35.8 Å². The van der Waals surface area contributed by atoms with E-state index >= 15 is 0 Å². The van der Waals surface area contributed by atoms with Gasteiger partial charge in [0.15, 0.2) is 0 Å². The van der Waals surface area contributed by atoms with Gasteiger partial charge in [-0.05, 0) is 50.6 Å². The third-order valence-corrected chi connectivity index (χ3v) is 5.35. The second kappa shape index (κ2) is 6.16. The van der Waals surface area contributed by atoms with Crippen molar-refractivity contribution in [2.24, 2.45) is 5.92 Å². The molecule has 0 bridgehead atoms. The molecule has 3 atom stereocenters. The molecule has 3 unspecified atom stereocenters. The van der Waals surface area contributed by atoms with Gasteiger partial charge >= 0.3 is 0 Å². The number of aromatic nitrogens is 1. The van der Waals surface area contributed by atoms with Crippen molar-refractivity contribution in [1.82, 2.24) is 9.88 Å². The highest BCUT2D eigenvalue weighted by atomic mass is 32.1. The number of piperidine rings is 1. The van der Waals surface area contributed by atoms with Crippen LogP contribution in [0.2, 0.25) is 0 Å². The summed E-state index contributed by atoms with van der Waals surface area (Å²) in [6.45, 7) is 5.81. The summed E-state index contributed by atoms with van der Waals surface area (Å²) in [6, 6.07) is 9.86. The van der Waals surface area contributed by atoms with Gasteiger partial charge in [-0.15, -0.1) is 11.3 Å². The van der Waals surface area contributed by atoms with Crippen molar-refractivity contribution in [2.45, 2.75) is 32.4 Å². The number of anilines is 1. The van der Waals surface area contributed by atoms with Crippen LogP contribution in [0, 0.1) is 5.92 Å². The van der Waals surface area contributed by atoms with Crippen LogP contribution in [0.4, 0.5) is 5.69 Å². The Labute approximate surface area is 131 Å². The van der Waals surface area contributed by atoms with Crippen LogP contribution in [-0.2, 0) is 0 Å². The van der Waals surface area contributed by atoms with Gasteiger partial charge in [-0.25, -0.2) is 4.98 Å². The third kappa shape index (κ3) is 3.27. The molecule has 3 nitrogen and oxygen atoms in total. The van der Waals surface area contributed by atoms with E-state index in [9.17, 15) is 0 Å². The molecule has 1 fully saturated rings. The van der Waals surface area contributed by atoms with Gasteiger partial charge in [0.05, 0.1) is 0 Å². The number of likely N-dealkylation sites (tertiary alicyclic amines) is 1. The lowest BCUT2D eigenvalue weighted by atomic mass is 9.89. The number of hydrogen-bond donors (Lipinski definition) is 1. The van der Waals surface area contributed by atoms with Crippen molar-refractivity contribution < 1.29 is 0 Å². The summed E-state index contributed by atoms with van der Waals surface area (Å²) >= 11 is 1.68. The summed E-state index contributed by atoms with van der Waals surface area (Å²) in [7, 11) is 2.22. The van der Waals surface area contributed by atoms with Crippen LogP contribution in [0.1, 0.15) is 20.3 Å². The Hall–Kier alpha value is -1.39. The van der Waals surface area contributed by atoms with Gasteiger partial charge in [0.1, 0.15) is 5.01 Å². The smallest absolute Gasteiger partial charge is 0.123 e. The average molecular weight is 301 g/mol. The first-order valence-corrected chi connectivity index (χ1v) is 8.48. The van der Waals surface area contributed by atoms with Crippen molar-refractivity contribution in [2.75, 3.05) is 18.9 Å². The number of hydrogen-bond acceptors (Lipinski definition) is 4. The van der Waals surface area contributed by atoms with Gasteiger partial charge in [0.2, 0.25) is 0 Å². The predicted octanol–water partition coefficient (Wildman–Crippen LogP) is 3.95. The quantitative estimate of drug-likeness (QED) is 0.930. The molecular weight excluding hydrogens is 278 g/mol. The standard InChI is InChI=1S/C17H23N3S/c1-12-11-20(3)13(2)10-16(12)19-15-6-4-14(5-7-15)17-18-8-9-21-17/h4-9,12-13,16,19H,10-11H2,1-3H3. The van der Waals surface area contributed by atoms with Crippen molar-refractivity contribution in [3.8, 4) is 10.6 Å². The van der Waals surface area contributed by atoms with Crippen LogP contribution in [0.3, 0.4) is 0 Å². The van der Waals surface area contributed by atoms with Gasteiger partial charge < -0.3 is 10.2 Å². The van der Waals surface area contributed by atoms with E-state index in [-0.39, 0.29) is 0 Å². The average Bonchev–Trinajstić information content (AvgIpc) is 3.00. The van der Waals surface area contributed by atoms with E-state index in [0.29, 0.717) is 18.0 Å². The normalized spacial score (nSPS) is 26.7. The molecule has 21 heavy (non-hydrogen) atoms. The first kappa shape index (κ1) is 14.5. The maximum absolute atomic E-state index is 4.35. The molecule has 1 aliphatic rings. The van der Waals surface area contributed by atoms with Crippen LogP contribution in [0.15, 0.2) is 35.8 Å². The molecule has 4 heteroatoms. The van der Waals surface area contributed by atoms with E-state index in [0.717, 1.165) is 11.6 Å². The molecule has 1 N–H and O–H groups in total. The molecule has 1 aliphatic heterocycles. The summed E-state index contributed by atoms with van der Waals surface area (Å²) in [5.41, 5.74) is 2.41. The van der Waals surface area contributed by atoms with Crippen LogP contribution in [0.5, 0.6) is 0 Å². The Morgan fingerprint density at radius 1 is 1.24 bits per heavy atom. The molecule has 0 radical (unpaired) electrons. The molecular formula is C17H23N3S. The van der Waals surface area contributed by atoms with E-state index in [4.69, 9.17) is 0 Å². The van der Waals surface area contributed by atoms with Gasteiger partial charge in [0, 0.05) is 41.5 Å². The minimum atomic E-state index is 0.557. The Balaban J connectivity index is 1.68. The molecule has 1 saturated heterocycles. The number of benzene rings is 1. The Morgan fingerprint density at radius 2 is 2.00 bits per heavy atom. The fourth-order valence-corrected chi connectivity index (χ4v) is 3.68. The van der Waals surface area contributed by atoms with Crippen molar-refractivity contribution in [3.63, 3.8) is 0 Å². The third-order valence-electron chi connectivity index (χ3n) is 4.53. The minimum absolute atomic E-state index is 0.557. The highest BCUT2D eigenvalue weighted by Gasteiger charge is 2.28. The summed E-state index contributed by atoms with van der Waals surface area (Å²) in [5.74, 6) is 0.671.